The number of ketones is 1. The summed E-state index contributed by atoms with van der Waals surface area (Å²) in [6.07, 6.45) is -4.30. The van der Waals surface area contributed by atoms with Gasteiger partial charge in [0.15, 0.2) is 11.9 Å². The van der Waals surface area contributed by atoms with Gasteiger partial charge in [0.2, 0.25) is 5.79 Å². The minimum Gasteiger partial charge on any atom is -0.483 e. The number of halogens is 1. The highest BCUT2D eigenvalue weighted by molar-refractivity contribution is 6.31. The maximum atomic E-state index is 11.8. The van der Waals surface area contributed by atoms with E-state index in [4.69, 9.17) is 21.1 Å². The van der Waals surface area contributed by atoms with Crippen LogP contribution in [0.5, 0.6) is 5.75 Å². The Morgan fingerprint density at radius 1 is 1.09 bits per heavy atom. The summed E-state index contributed by atoms with van der Waals surface area (Å²) in [6.45, 7) is -0.658. The number of hydrogen-bond donors (Lipinski definition) is 5. The SMILES string of the molecule is O=C1CCCC1Oc1ccc(Cc2cc([C@@]3(O)O[C@H](CO)[C@@H](O)[C@H](O)[C@H]3O)ccc2Cl)cc1. The van der Waals surface area contributed by atoms with Crippen LogP contribution < -0.4 is 4.74 Å². The van der Waals surface area contributed by atoms with Gasteiger partial charge in [0.05, 0.1) is 6.61 Å². The Morgan fingerprint density at radius 2 is 1.82 bits per heavy atom. The lowest BCUT2D eigenvalue weighted by atomic mass is 9.87. The van der Waals surface area contributed by atoms with Gasteiger partial charge >= 0.3 is 0 Å². The molecule has 0 bridgehead atoms. The molecular weight excluding hydrogens is 452 g/mol. The number of carbonyl (C=O) groups excluding carboxylic acids is 1. The number of aliphatic hydroxyl groups excluding tert-OH is 4. The van der Waals surface area contributed by atoms with Gasteiger partial charge in [-0.15, -0.1) is 0 Å². The Labute approximate surface area is 196 Å². The summed E-state index contributed by atoms with van der Waals surface area (Å²) in [7, 11) is 0. The molecule has 2 aliphatic rings. The van der Waals surface area contributed by atoms with Crippen LogP contribution in [0.1, 0.15) is 36.0 Å². The predicted octanol–water partition coefficient (Wildman–Crippen LogP) is 1.05. The highest BCUT2D eigenvalue weighted by atomic mass is 35.5. The Bertz CT molecular complexity index is 994. The fourth-order valence-corrected chi connectivity index (χ4v) is 4.49. The third kappa shape index (κ3) is 4.79. The van der Waals surface area contributed by atoms with E-state index < -0.39 is 36.8 Å². The second-order valence-electron chi connectivity index (χ2n) is 8.55. The molecule has 0 radical (unpaired) electrons. The monoisotopic (exact) mass is 478 g/mol. The lowest BCUT2D eigenvalue weighted by molar-refractivity contribution is -0.357. The topological polar surface area (TPSA) is 137 Å². The van der Waals surface area contributed by atoms with Crippen LogP contribution in [0.4, 0.5) is 0 Å². The number of Topliss-reactive ketones (excluding diaryl/α,β-unsaturated/α-hetero) is 1. The van der Waals surface area contributed by atoms with Gasteiger partial charge in [-0.1, -0.05) is 29.8 Å². The van der Waals surface area contributed by atoms with E-state index in [1.807, 2.05) is 12.1 Å². The molecule has 0 spiro atoms. The van der Waals surface area contributed by atoms with Crippen LogP contribution in [0.25, 0.3) is 0 Å². The minimum absolute atomic E-state index is 0.119. The third-order valence-electron chi connectivity index (χ3n) is 6.27. The van der Waals surface area contributed by atoms with Crippen molar-refractivity contribution in [1.82, 2.24) is 0 Å². The molecule has 4 rings (SSSR count). The van der Waals surface area contributed by atoms with Crippen molar-refractivity contribution in [2.45, 2.75) is 62.0 Å². The minimum atomic E-state index is -2.35. The van der Waals surface area contributed by atoms with Crippen LogP contribution in [-0.2, 0) is 21.7 Å². The molecule has 1 saturated heterocycles. The zero-order chi connectivity index (χ0) is 23.8. The van der Waals surface area contributed by atoms with E-state index in [0.29, 0.717) is 29.2 Å². The number of benzene rings is 2. The molecule has 0 amide bonds. The maximum Gasteiger partial charge on any atom is 0.222 e. The largest absolute Gasteiger partial charge is 0.483 e. The molecule has 1 aliphatic heterocycles. The lowest BCUT2D eigenvalue weighted by Gasteiger charge is -2.45. The van der Waals surface area contributed by atoms with E-state index in [1.54, 1.807) is 18.2 Å². The van der Waals surface area contributed by atoms with Crippen LogP contribution in [-0.4, -0.2) is 68.4 Å². The van der Waals surface area contributed by atoms with Gasteiger partial charge in [0.25, 0.3) is 0 Å². The molecule has 2 aromatic rings. The highest BCUT2D eigenvalue weighted by Gasteiger charge is 2.53. The first-order valence-electron chi connectivity index (χ1n) is 10.9. The van der Waals surface area contributed by atoms with Crippen LogP contribution in [0.15, 0.2) is 42.5 Å². The van der Waals surface area contributed by atoms with Gasteiger partial charge in [-0.25, -0.2) is 0 Å². The normalized spacial score (nSPS) is 32.2. The molecule has 1 unspecified atom stereocenters. The van der Waals surface area contributed by atoms with Crippen molar-refractivity contribution in [3.63, 3.8) is 0 Å². The van der Waals surface area contributed by atoms with E-state index in [-0.39, 0.29) is 17.5 Å². The summed E-state index contributed by atoms with van der Waals surface area (Å²) in [6, 6.07) is 11.8. The van der Waals surface area contributed by atoms with Gasteiger partial charge in [-0.2, -0.15) is 0 Å². The van der Waals surface area contributed by atoms with E-state index in [1.165, 1.54) is 12.1 Å². The van der Waals surface area contributed by atoms with Crippen LogP contribution in [0, 0.1) is 0 Å². The summed E-state index contributed by atoms with van der Waals surface area (Å²) >= 11 is 6.36. The van der Waals surface area contributed by atoms with Crippen molar-refractivity contribution >= 4 is 17.4 Å². The zero-order valence-corrected chi connectivity index (χ0v) is 18.6. The van der Waals surface area contributed by atoms with Crippen molar-refractivity contribution < 1.29 is 39.8 Å². The fraction of sp³-hybridized carbons (Fsp3) is 0.458. The van der Waals surface area contributed by atoms with Crippen molar-refractivity contribution in [3.05, 3.63) is 64.2 Å². The first-order chi connectivity index (χ1) is 15.7. The third-order valence-corrected chi connectivity index (χ3v) is 6.64. The maximum absolute atomic E-state index is 11.8. The molecule has 6 atom stereocenters. The van der Waals surface area contributed by atoms with Crippen molar-refractivity contribution in [2.24, 2.45) is 0 Å². The summed E-state index contributed by atoms with van der Waals surface area (Å²) < 4.78 is 11.2. The van der Waals surface area contributed by atoms with E-state index in [9.17, 15) is 30.3 Å². The average Bonchev–Trinajstić information content (AvgIpc) is 3.21. The molecule has 0 aromatic heterocycles. The smallest absolute Gasteiger partial charge is 0.222 e. The van der Waals surface area contributed by atoms with Crippen LogP contribution >= 0.6 is 11.6 Å². The Hall–Kier alpha value is -2.04. The van der Waals surface area contributed by atoms with Gasteiger partial charge in [0, 0.05) is 17.0 Å². The Balaban J connectivity index is 1.53. The Morgan fingerprint density at radius 3 is 2.45 bits per heavy atom. The van der Waals surface area contributed by atoms with Crippen molar-refractivity contribution in [3.8, 4) is 5.75 Å². The number of ether oxygens (including phenoxy) is 2. The first kappa shape index (κ1) is 24.1. The molecule has 8 nitrogen and oxygen atoms in total. The molecule has 178 valence electrons. The molecule has 5 N–H and O–H groups in total. The molecule has 1 aliphatic carbocycles. The molecule has 1 heterocycles. The number of carbonyl (C=O) groups is 1. The van der Waals surface area contributed by atoms with Gasteiger partial charge in [0.1, 0.15) is 30.2 Å². The van der Waals surface area contributed by atoms with Gasteiger partial charge < -0.3 is 35.0 Å². The Kier molecular flexibility index (Phi) is 7.07. The first-order valence-corrected chi connectivity index (χ1v) is 11.2. The summed E-state index contributed by atoms with van der Waals surface area (Å²) in [5.41, 5.74) is 1.64. The summed E-state index contributed by atoms with van der Waals surface area (Å²) in [4.78, 5) is 11.8. The predicted molar refractivity (Wildman–Crippen MR) is 118 cm³/mol. The average molecular weight is 479 g/mol. The molecule has 1 saturated carbocycles. The molecule has 2 fully saturated rings. The molecule has 2 aromatic carbocycles. The molecule has 9 heteroatoms. The second kappa shape index (κ2) is 9.68. The van der Waals surface area contributed by atoms with E-state index >= 15 is 0 Å². The number of hydrogen-bond acceptors (Lipinski definition) is 8. The zero-order valence-electron chi connectivity index (χ0n) is 17.8. The quantitative estimate of drug-likeness (QED) is 0.415. The van der Waals surface area contributed by atoms with Gasteiger partial charge in [-0.05, 0) is 54.7 Å². The number of rotatable bonds is 6. The van der Waals surface area contributed by atoms with E-state index in [0.717, 1.165) is 18.4 Å². The fourth-order valence-electron chi connectivity index (χ4n) is 4.30. The van der Waals surface area contributed by atoms with Crippen molar-refractivity contribution in [1.29, 1.82) is 0 Å². The van der Waals surface area contributed by atoms with Crippen LogP contribution in [0.3, 0.4) is 0 Å². The number of aliphatic hydroxyl groups is 5. The molecular formula is C24H27ClO8. The standard InChI is InChI=1S/C24H27ClO8/c25-17-9-6-15(24(31)23(30)22(29)21(28)20(12-26)33-24)11-14(17)10-13-4-7-16(8-5-13)32-19-3-1-2-18(19)27/h4-9,11,19-23,26,28-31H,1-3,10,12H2/t19?,20-,21-,22+,23-,24-/m1/s1. The molecule has 33 heavy (non-hydrogen) atoms. The second-order valence-corrected chi connectivity index (χ2v) is 8.96. The van der Waals surface area contributed by atoms with Crippen LogP contribution in [0.2, 0.25) is 5.02 Å². The highest BCUT2D eigenvalue weighted by Crippen LogP contribution is 2.38. The summed E-state index contributed by atoms with van der Waals surface area (Å²) in [5, 5.41) is 51.4. The van der Waals surface area contributed by atoms with Gasteiger partial charge in [-0.3, -0.25) is 4.79 Å². The van der Waals surface area contributed by atoms with Crippen molar-refractivity contribution in [2.75, 3.05) is 6.61 Å². The van der Waals surface area contributed by atoms with E-state index in [2.05, 4.69) is 0 Å². The summed E-state index contributed by atoms with van der Waals surface area (Å²) in [5.74, 6) is -1.63. The lowest BCUT2D eigenvalue weighted by Crippen LogP contribution is -2.63.